The number of nitrogens with zero attached hydrogens (tertiary/aromatic N) is 4. The molecule has 2 N–H and O–H groups in total. The summed E-state index contributed by atoms with van der Waals surface area (Å²) in [5.74, 6) is 0.230. The number of aliphatic carboxylic acids is 1. The molecule has 2 unspecified atom stereocenters. The van der Waals surface area contributed by atoms with Crippen LogP contribution in [0.1, 0.15) is 31.4 Å². The molecule has 2 atom stereocenters. The van der Waals surface area contributed by atoms with Gasteiger partial charge in [0, 0.05) is 17.5 Å². The SMILES string of the molecule is O=C(O)C1C2CCC(CC2)C1Cc1cc(-c2ccc(-c3ccccc3)cc2)nc(-c2[nH]nc3ncc(Cl)cc23)n1. The van der Waals surface area contributed by atoms with Crippen LogP contribution in [-0.2, 0) is 11.2 Å². The van der Waals surface area contributed by atoms with Crippen LogP contribution in [-0.4, -0.2) is 36.2 Å². The average Bonchev–Trinajstić information content (AvgIpc) is 3.41. The average molecular weight is 550 g/mol. The van der Waals surface area contributed by atoms with Crippen molar-refractivity contribution in [2.45, 2.75) is 32.1 Å². The molecule has 0 spiro atoms. The number of carbonyl (C=O) groups is 1. The normalized spacial score (nSPS) is 22.0. The Morgan fingerprint density at radius 1 is 0.900 bits per heavy atom. The van der Waals surface area contributed by atoms with E-state index in [1.54, 1.807) is 6.20 Å². The fraction of sp³-hybridized carbons (Fsp3) is 0.281. The molecule has 0 aliphatic heterocycles. The van der Waals surface area contributed by atoms with Gasteiger partial charge < -0.3 is 5.11 Å². The molecule has 0 radical (unpaired) electrons. The summed E-state index contributed by atoms with van der Waals surface area (Å²) in [7, 11) is 0. The van der Waals surface area contributed by atoms with Crippen molar-refractivity contribution in [1.29, 1.82) is 0 Å². The molecule has 3 heterocycles. The van der Waals surface area contributed by atoms with Gasteiger partial charge in [0.25, 0.3) is 0 Å². The molecule has 200 valence electrons. The highest BCUT2D eigenvalue weighted by Crippen LogP contribution is 2.50. The van der Waals surface area contributed by atoms with Gasteiger partial charge in [0.05, 0.1) is 22.0 Å². The highest BCUT2D eigenvalue weighted by Gasteiger charge is 2.47. The molecule has 8 heteroatoms. The van der Waals surface area contributed by atoms with Crippen LogP contribution in [0.2, 0.25) is 5.02 Å². The lowest BCUT2D eigenvalue weighted by atomic mass is 9.57. The lowest BCUT2D eigenvalue weighted by Crippen LogP contribution is -2.45. The van der Waals surface area contributed by atoms with Crippen molar-refractivity contribution in [2.75, 3.05) is 0 Å². The second-order valence-electron chi connectivity index (χ2n) is 11.0. The molecular weight excluding hydrogens is 522 g/mol. The Bertz CT molecular complexity index is 1690. The zero-order valence-electron chi connectivity index (χ0n) is 21.8. The van der Waals surface area contributed by atoms with Crippen molar-refractivity contribution in [1.82, 2.24) is 25.1 Å². The molecule has 3 aliphatic rings. The van der Waals surface area contributed by atoms with Crippen molar-refractivity contribution in [2.24, 2.45) is 23.7 Å². The first-order valence-electron chi connectivity index (χ1n) is 13.8. The van der Waals surface area contributed by atoms with E-state index in [0.717, 1.165) is 59.1 Å². The summed E-state index contributed by atoms with van der Waals surface area (Å²) in [6.45, 7) is 0. The van der Waals surface area contributed by atoms with Gasteiger partial charge in [-0.2, -0.15) is 5.10 Å². The van der Waals surface area contributed by atoms with E-state index in [0.29, 0.717) is 34.5 Å². The van der Waals surface area contributed by atoms with E-state index < -0.39 is 5.97 Å². The first-order valence-corrected chi connectivity index (χ1v) is 14.2. The maximum absolute atomic E-state index is 12.3. The first-order chi connectivity index (χ1) is 19.5. The Labute approximate surface area is 236 Å². The van der Waals surface area contributed by atoms with Crippen molar-refractivity contribution in [3.05, 3.63) is 83.6 Å². The summed E-state index contributed by atoms with van der Waals surface area (Å²) >= 11 is 6.27. The highest BCUT2D eigenvalue weighted by atomic mass is 35.5. The van der Waals surface area contributed by atoms with Gasteiger partial charge in [-0.15, -0.1) is 0 Å². The maximum atomic E-state index is 12.3. The summed E-state index contributed by atoms with van der Waals surface area (Å²) in [5, 5.41) is 18.8. The third-order valence-electron chi connectivity index (χ3n) is 8.79. The topological polar surface area (TPSA) is 105 Å². The zero-order valence-corrected chi connectivity index (χ0v) is 22.6. The van der Waals surface area contributed by atoms with Gasteiger partial charge in [-0.05, 0) is 73.1 Å². The van der Waals surface area contributed by atoms with Crippen LogP contribution in [0.3, 0.4) is 0 Å². The third-order valence-corrected chi connectivity index (χ3v) is 8.99. The number of fused-ring (bicyclic) bond motifs is 4. The van der Waals surface area contributed by atoms with Crippen LogP contribution in [0.25, 0.3) is 44.9 Å². The molecule has 7 nitrogen and oxygen atoms in total. The molecule has 8 rings (SSSR count). The molecule has 3 saturated carbocycles. The van der Waals surface area contributed by atoms with Crippen LogP contribution < -0.4 is 0 Å². The minimum atomic E-state index is -0.675. The Morgan fingerprint density at radius 2 is 1.60 bits per heavy atom. The van der Waals surface area contributed by atoms with Gasteiger partial charge in [0.1, 0.15) is 5.69 Å². The van der Waals surface area contributed by atoms with E-state index in [4.69, 9.17) is 21.6 Å². The summed E-state index contributed by atoms with van der Waals surface area (Å²) in [6.07, 6.45) is 6.39. The summed E-state index contributed by atoms with van der Waals surface area (Å²) in [4.78, 5) is 26.6. The number of hydrogen-bond donors (Lipinski definition) is 2. The first kappa shape index (κ1) is 24.9. The fourth-order valence-corrected chi connectivity index (χ4v) is 7.02. The Kier molecular flexibility index (Phi) is 6.31. The quantitative estimate of drug-likeness (QED) is 0.234. The molecule has 2 bridgehead atoms. The van der Waals surface area contributed by atoms with Crippen LogP contribution in [0.15, 0.2) is 72.9 Å². The highest BCUT2D eigenvalue weighted by molar-refractivity contribution is 6.31. The van der Waals surface area contributed by atoms with Gasteiger partial charge >= 0.3 is 5.97 Å². The number of pyridine rings is 1. The van der Waals surface area contributed by atoms with E-state index in [-0.39, 0.29) is 17.8 Å². The van der Waals surface area contributed by atoms with Gasteiger partial charge in [-0.3, -0.25) is 9.89 Å². The van der Waals surface area contributed by atoms with E-state index in [1.165, 1.54) is 0 Å². The number of nitrogens with one attached hydrogen (secondary N) is 1. The maximum Gasteiger partial charge on any atom is 0.307 e. The van der Waals surface area contributed by atoms with E-state index >= 15 is 0 Å². The summed E-state index contributed by atoms with van der Waals surface area (Å²) in [5.41, 5.74) is 6.05. The molecule has 2 aromatic carbocycles. The molecule has 3 aromatic heterocycles. The number of halogens is 1. The van der Waals surface area contributed by atoms with Crippen molar-refractivity contribution in [3.8, 4) is 33.9 Å². The summed E-state index contributed by atoms with van der Waals surface area (Å²) in [6, 6.07) is 22.4. The lowest BCUT2D eigenvalue weighted by Gasteiger charge is -2.46. The Balaban J connectivity index is 1.31. The van der Waals surface area contributed by atoms with Crippen LogP contribution in [0, 0.1) is 23.7 Å². The predicted octanol–water partition coefficient (Wildman–Crippen LogP) is 7.08. The van der Waals surface area contributed by atoms with Crippen molar-refractivity contribution in [3.63, 3.8) is 0 Å². The smallest absolute Gasteiger partial charge is 0.307 e. The van der Waals surface area contributed by atoms with Gasteiger partial charge in [-0.25, -0.2) is 15.0 Å². The number of carboxylic acids is 1. The van der Waals surface area contributed by atoms with Gasteiger partial charge in [0.2, 0.25) is 0 Å². The molecule has 3 fully saturated rings. The fourth-order valence-electron chi connectivity index (χ4n) is 6.87. The van der Waals surface area contributed by atoms with Crippen LogP contribution in [0.5, 0.6) is 0 Å². The predicted molar refractivity (Wildman–Crippen MR) is 155 cm³/mol. The monoisotopic (exact) mass is 549 g/mol. The Morgan fingerprint density at radius 3 is 2.35 bits per heavy atom. The van der Waals surface area contributed by atoms with Gasteiger partial charge in [-0.1, -0.05) is 66.2 Å². The van der Waals surface area contributed by atoms with E-state index in [9.17, 15) is 9.90 Å². The third kappa shape index (κ3) is 4.54. The minimum Gasteiger partial charge on any atom is -0.481 e. The zero-order chi connectivity index (χ0) is 27.2. The molecular formula is C32H28ClN5O2. The number of rotatable bonds is 6. The second kappa shape index (κ2) is 10.1. The number of benzene rings is 2. The van der Waals surface area contributed by atoms with Crippen molar-refractivity contribution < 1.29 is 9.90 Å². The number of aromatic amines is 1. The van der Waals surface area contributed by atoms with E-state index in [1.807, 2.05) is 30.3 Å². The largest absolute Gasteiger partial charge is 0.481 e. The van der Waals surface area contributed by atoms with Crippen LogP contribution >= 0.6 is 11.6 Å². The molecule has 0 amide bonds. The number of hydrogen-bond acceptors (Lipinski definition) is 5. The Hall–Kier alpha value is -4.10. The standard InChI is InChI=1S/C32H28ClN5O2/c33-23-14-26-29(37-38-30(26)34-17-23)31-35-24(15-25-20-8-12-22(13-9-20)28(25)32(39)40)16-27(36-31)21-10-6-19(7-11-21)18-4-2-1-3-5-18/h1-7,10-11,14,16-17,20,22,25,28H,8-9,12-13,15H2,(H,39,40)(H,34,37,38). The molecule has 0 saturated heterocycles. The van der Waals surface area contributed by atoms with E-state index in [2.05, 4.69) is 51.6 Å². The second-order valence-corrected chi connectivity index (χ2v) is 11.5. The van der Waals surface area contributed by atoms with Crippen molar-refractivity contribution >= 4 is 28.6 Å². The summed E-state index contributed by atoms with van der Waals surface area (Å²) < 4.78 is 0. The molecule has 5 aromatic rings. The number of carboxylic acid groups (broad SMARTS) is 1. The lowest BCUT2D eigenvalue weighted by molar-refractivity contribution is -0.152. The van der Waals surface area contributed by atoms with Crippen LogP contribution in [0.4, 0.5) is 0 Å². The molecule has 3 aliphatic carbocycles. The molecule has 40 heavy (non-hydrogen) atoms. The number of aromatic nitrogens is 5. The minimum absolute atomic E-state index is 0.0654. The van der Waals surface area contributed by atoms with Gasteiger partial charge in [0.15, 0.2) is 11.5 Å². The number of H-pyrrole nitrogens is 1.